The fraction of sp³-hybridized carbons (Fsp3) is 0.333. The molecule has 2 N–H and O–H groups in total. The number of carbonyl (C=O) groups excluding carboxylic acids is 1. The highest BCUT2D eigenvalue weighted by Gasteiger charge is 2.28. The molecule has 0 unspecified atom stereocenters. The summed E-state index contributed by atoms with van der Waals surface area (Å²) in [6, 6.07) is 1.36. The number of amides is 1. The summed E-state index contributed by atoms with van der Waals surface area (Å²) >= 11 is 5.36. The number of nitrogens with one attached hydrogen (secondary N) is 1. The zero-order valence-corrected chi connectivity index (χ0v) is 11.0. The van der Waals surface area contributed by atoms with E-state index in [2.05, 4.69) is 5.32 Å². The van der Waals surface area contributed by atoms with E-state index in [-0.39, 0.29) is 6.54 Å². The Labute approximate surface area is 113 Å². The van der Waals surface area contributed by atoms with Crippen molar-refractivity contribution in [1.29, 1.82) is 0 Å². The van der Waals surface area contributed by atoms with Gasteiger partial charge >= 0.3 is 5.97 Å². The van der Waals surface area contributed by atoms with E-state index in [4.69, 9.17) is 16.7 Å². The first-order valence-corrected chi connectivity index (χ1v) is 5.69. The Balaban J connectivity index is 2.86. The van der Waals surface area contributed by atoms with E-state index in [0.29, 0.717) is 12.1 Å². The number of carboxylic acid groups (broad SMARTS) is 1. The third-order valence-corrected chi connectivity index (χ3v) is 2.81. The van der Waals surface area contributed by atoms with Gasteiger partial charge in [0.2, 0.25) is 0 Å². The standard InChI is InChI=1S/C12H12ClF2NO3/c1-12(2,11(18)19)5-16-10(17)6-3-9(15)7(13)4-8(6)14/h3-4H,5H2,1-2H3,(H,16,17)(H,18,19). The van der Waals surface area contributed by atoms with Gasteiger partial charge < -0.3 is 10.4 Å². The molecule has 1 rings (SSSR count). The van der Waals surface area contributed by atoms with Gasteiger partial charge in [0.15, 0.2) is 0 Å². The molecule has 0 saturated carbocycles. The van der Waals surface area contributed by atoms with Gasteiger partial charge in [-0.25, -0.2) is 8.78 Å². The van der Waals surface area contributed by atoms with Gasteiger partial charge in [-0.3, -0.25) is 9.59 Å². The maximum atomic E-state index is 13.4. The van der Waals surface area contributed by atoms with Crippen molar-refractivity contribution in [1.82, 2.24) is 5.32 Å². The number of rotatable bonds is 4. The van der Waals surface area contributed by atoms with Gasteiger partial charge in [0.25, 0.3) is 5.91 Å². The van der Waals surface area contributed by atoms with Crippen molar-refractivity contribution in [2.24, 2.45) is 5.41 Å². The first-order valence-electron chi connectivity index (χ1n) is 5.31. The molecule has 4 nitrogen and oxygen atoms in total. The van der Waals surface area contributed by atoms with Crippen LogP contribution >= 0.6 is 11.6 Å². The fourth-order valence-corrected chi connectivity index (χ4v) is 1.32. The van der Waals surface area contributed by atoms with Crippen molar-refractivity contribution in [3.8, 4) is 0 Å². The molecule has 0 fully saturated rings. The maximum Gasteiger partial charge on any atom is 0.310 e. The molecule has 0 aromatic heterocycles. The van der Waals surface area contributed by atoms with E-state index in [1.807, 2.05) is 0 Å². The monoisotopic (exact) mass is 291 g/mol. The molecule has 1 aromatic carbocycles. The SMILES string of the molecule is CC(C)(CNC(=O)c1cc(F)c(Cl)cc1F)C(=O)O. The summed E-state index contributed by atoms with van der Waals surface area (Å²) in [6.07, 6.45) is 0. The minimum Gasteiger partial charge on any atom is -0.481 e. The van der Waals surface area contributed by atoms with Gasteiger partial charge in [0, 0.05) is 6.54 Å². The molecular formula is C12H12ClF2NO3. The van der Waals surface area contributed by atoms with E-state index in [1.165, 1.54) is 13.8 Å². The highest BCUT2D eigenvalue weighted by Crippen LogP contribution is 2.20. The van der Waals surface area contributed by atoms with Crippen molar-refractivity contribution < 1.29 is 23.5 Å². The summed E-state index contributed by atoms with van der Waals surface area (Å²) < 4.78 is 26.6. The first-order chi connectivity index (χ1) is 8.65. The number of hydrogen-bond donors (Lipinski definition) is 2. The fourth-order valence-electron chi connectivity index (χ4n) is 1.17. The van der Waals surface area contributed by atoms with E-state index >= 15 is 0 Å². The summed E-state index contributed by atoms with van der Waals surface area (Å²) in [6.45, 7) is 2.58. The van der Waals surface area contributed by atoms with Crippen LogP contribution in [0.5, 0.6) is 0 Å². The van der Waals surface area contributed by atoms with Crippen LogP contribution in [0, 0.1) is 17.0 Å². The lowest BCUT2D eigenvalue weighted by atomic mass is 9.94. The predicted molar refractivity (Wildman–Crippen MR) is 65.1 cm³/mol. The average molecular weight is 292 g/mol. The van der Waals surface area contributed by atoms with E-state index < -0.39 is 39.5 Å². The summed E-state index contributed by atoms with van der Waals surface area (Å²) in [5.41, 5.74) is -1.74. The van der Waals surface area contributed by atoms with Gasteiger partial charge in [0.1, 0.15) is 11.6 Å². The second-order valence-electron chi connectivity index (χ2n) is 4.62. The van der Waals surface area contributed by atoms with E-state index in [9.17, 15) is 18.4 Å². The Hall–Kier alpha value is -1.69. The Morgan fingerprint density at radius 3 is 2.42 bits per heavy atom. The van der Waals surface area contributed by atoms with Crippen molar-refractivity contribution in [2.75, 3.05) is 6.54 Å². The summed E-state index contributed by atoms with van der Waals surface area (Å²) in [7, 11) is 0. The van der Waals surface area contributed by atoms with Gasteiger partial charge in [-0.05, 0) is 26.0 Å². The van der Waals surface area contributed by atoms with Gasteiger partial charge in [-0.15, -0.1) is 0 Å². The molecule has 0 aliphatic rings. The van der Waals surface area contributed by atoms with E-state index in [1.54, 1.807) is 0 Å². The molecule has 0 aliphatic carbocycles. The van der Waals surface area contributed by atoms with E-state index in [0.717, 1.165) is 0 Å². The molecule has 7 heteroatoms. The maximum absolute atomic E-state index is 13.4. The first kappa shape index (κ1) is 15.4. The van der Waals surface area contributed by atoms with Gasteiger partial charge in [-0.2, -0.15) is 0 Å². The molecule has 1 amide bonds. The van der Waals surface area contributed by atoms with Crippen LogP contribution in [0.1, 0.15) is 24.2 Å². The molecule has 19 heavy (non-hydrogen) atoms. The highest BCUT2D eigenvalue weighted by atomic mass is 35.5. The molecule has 0 heterocycles. The summed E-state index contributed by atoms with van der Waals surface area (Å²) in [4.78, 5) is 22.5. The number of halogens is 3. The van der Waals surface area contributed by atoms with Crippen LogP contribution in [0.4, 0.5) is 8.78 Å². The largest absolute Gasteiger partial charge is 0.481 e. The molecule has 104 valence electrons. The minimum absolute atomic E-state index is 0.217. The molecule has 0 bridgehead atoms. The van der Waals surface area contributed by atoms with Crippen LogP contribution < -0.4 is 5.32 Å². The van der Waals surface area contributed by atoms with Gasteiger partial charge in [-0.1, -0.05) is 11.6 Å². The zero-order valence-electron chi connectivity index (χ0n) is 10.3. The molecule has 0 atom stereocenters. The average Bonchev–Trinajstić information content (AvgIpc) is 2.30. The topological polar surface area (TPSA) is 66.4 Å². The van der Waals surface area contributed by atoms with Crippen LogP contribution in [0.2, 0.25) is 5.02 Å². The third kappa shape index (κ3) is 3.64. The number of carboxylic acids is 1. The molecule has 0 saturated heterocycles. The summed E-state index contributed by atoms with van der Waals surface area (Å²) in [5.74, 6) is -3.92. The molecule has 0 aliphatic heterocycles. The summed E-state index contributed by atoms with van der Waals surface area (Å²) in [5, 5.41) is 10.7. The van der Waals surface area contributed by atoms with Crippen molar-refractivity contribution >= 4 is 23.5 Å². The number of aliphatic carboxylic acids is 1. The van der Waals surface area contributed by atoms with Crippen LogP contribution in [0.25, 0.3) is 0 Å². The van der Waals surface area contributed by atoms with Crippen LogP contribution in [0.15, 0.2) is 12.1 Å². The van der Waals surface area contributed by atoms with Crippen molar-refractivity contribution in [3.05, 3.63) is 34.4 Å². The normalized spacial score (nSPS) is 11.2. The number of carbonyl (C=O) groups is 2. The number of benzene rings is 1. The Morgan fingerprint density at radius 2 is 1.89 bits per heavy atom. The lowest BCUT2D eigenvalue weighted by molar-refractivity contribution is -0.146. The number of hydrogen-bond acceptors (Lipinski definition) is 2. The molecule has 0 radical (unpaired) electrons. The third-order valence-electron chi connectivity index (χ3n) is 2.52. The lowest BCUT2D eigenvalue weighted by Crippen LogP contribution is -2.39. The Bertz CT molecular complexity index is 532. The quantitative estimate of drug-likeness (QED) is 0.838. The second-order valence-corrected chi connectivity index (χ2v) is 5.03. The lowest BCUT2D eigenvalue weighted by Gasteiger charge is -2.19. The Morgan fingerprint density at radius 1 is 1.32 bits per heavy atom. The van der Waals surface area contributed by atoms with Crippen molar-refractivity contribution in [3.63, 3.8) is 0 Å². The second kappa shape index (κ2) is 5.52. The molecule has 0 spiro atoms. The molecular weight excluding hydrogens is 280 g/mol. The van der Waals surface area contributed by atoms with Crippen LogP contribution in [-0.4, -0.2) is 23.5 Å². The Kier molecular flexibility index (Phi) is 4.47. The van der Waals surface area contributed by atoms with Crippen LogP contribution in [-0.2, 0) is 4.79 Å². The zero-order chi connectivity index (χ0) is 14.8. The minimum atomic E-state index is -1.21. The van der Waals surface area contributed by atoms with Crippen LogP contribution in [0.3, 0.4) is 0 Å². The van der Waals surface area contributed by atoms with Gasteiger partial charge in [0.05, 0.1) is 16.0 Å². The smallest absolute Gasteiger partial charge is 0.310 e. The molecule has 1 aromatic rings. The predicted octanol–water partition coefficient (Wildman–Crippen LogP) is 2.46. The highest BCUT2D eigenvalue weighted by molar-refractivity contribution is 6.30. The van der Waals surface area contributed by atoms with Crippen molar-refractivity contribution in [2.45, 2.75) is 13.8 Å².